The summed E-state index contributed by atoms with van der Waals surface area (Å²) in [6, 6.07) is 0. The molecular formula is C11H20ClN3OS. The molecule has 4 nitrogen and oxygen atoms in total. The smallest absolute Gasteiger partial charge is 0.225 e. The Morgan fingerprint density at radius 1 is 1.41 bits per heavy atom. The molecule has 0 bridgehead atoms. The van der Waals surface area contributed by atoms with E-state index in [2.05, 4.69) is 15.6 Å². The van der Waals surface area contributed by atoms with Crippen molar-refractivity contribution < 1.29 is 4.79 Å². The number of nitrogens with one attached hydrogen (secondary N) is 2. The van der Waals surface area contributed by atoms with Gasteiger partial charge >= 0.3 is 0 Å². The quantitative estimate of drug-likeness (QED) is 0.807. The molecule has 6 heteroatoms. The fourth-order valence-electron chi connectivity index (χ4n) is 1.07. The van der Waals surface area contributed by atoms with E-state index in [0.29, 0.717) is 6.54 Å². The van der Waals surface area contributed by atoms with Crippen LogP contribution < -0.4 is 10.6 Å². The summed E-state index contributed by atoms with van der Waals surface area (Å²) in [5.41, 5.74) is 2.56. The maximum Gasteiger partial charge on any atom is 0.225 e. The van der Waals surface area contributed by atoms with Crippen LogP contribution in [-0.2, 0) is 11.3 Å². The van der Waals surface area contributed by atoms with Crippen molar-refractivity contribution in [1.82, 2.24) is 15.6 Å². The van der Waals surface area contributed by atoms with Gasteiger partial charge in [0, 0.05) is 30.4 Å². The van der Waals surface area contributed by atoms with Crippen molar-refractivity contribution in [1.29, 1.82) is 0 Å². The number of rotatable bonds is 5. The van der Waals surface area contributed by atoms with Crippen molar-refractivity contribution in [2.24, 2.45) is 5.41 Å². The molecular weight excluding hydrogens is 258 g/mol. The van der Waals surface area contributed by atoms with E-state index in [1.54, 1.807) is 11.3 Å². The Balaban J connectivity index is 0.00000256. The van der Waals surface area contributed by atoms with Gasteiger partial charge in [-0.25, -0.2) is 4.98 Å². The predicted molar refractivity (Wildman–Crippen MR) is 73.5 cm³/mol. The van der Waals surface area contributed by atoms with Crippen LogP contribution in [0.15, 0.2) is 10.9 Å². The van der Waals surface area contributed by atoms with Crippen LogP contribution in [-0.4, -0.2) is 24.0 Å². The van der Waals surface area contributed by atoms with E-state index in [0.717, 1.165) is 18.8 Å². The van der Waals surface area contributed by atoms with Gasteiger partial charge in [-0.15, -0.1) is 23.7 Å². The van der Waals surface area contributed by atoms with E-state index in [-0.39, 0.29) is 23.7 Å². The minimum Gasteiger partial charge on any atom is -0.354 e. The van der Waals surface area contributed by atoms with E-state index >= 15 is 0 Å². The van der Waals surface area contributed by atoms with Crippen molar-refractivity contribution in [3.63, 3.8) is 0 Å². The second-order valence-corrected chi connectivity index (χ2v) is 5.38. The van der Waals surface area contributed by atoms with Crippen molar-refractivity contribution in [3.8, 4) is 0 Å². The molecule has 1 heterocycles. The average molecular weight is 278 g/mol. The van der Waals surface area contributed by atoms with Gasteiger partial charge in [-0.2, -0.15) is 0 Å². The highest BCUT2D eigenvalue weighted by Crippen LogP contribution is 2.11. The van der Waals surface area contributed by atoms with Crippen molar-refractivity contribution in [2.75, 3.05) is 13.1 Å². The zero-order valence-corrected chi connectivity index (χ0v) is 12.1. The molecule has 0 fully saturated rings. The fourth-order valence-corrected chi connectivity index (χ4v) is 1.63. The lowest BCUT2D eigenvalue weighted by Gasteiger charge is -2.17. The predicted octanol–water partition coefficient (Wildman–Crippen LogP) is 1.82. The molecule has 1 aromatic rings. The molecule has 0 spiro atoms. The number of nitrogens with zero attached hydrogens (tertiary/aromatic N) is 1. The molecule has 0 aliphatic rings. The van der Waals surface area contributed by atoms with Crippen LogP contribution in [0.3, 0.4) is 0 Å². The van der Waals surface area contributed by atoms with Crippen LogP contribution in [0, 0.1) is 5.41 Å². The number of hydrogen-bond acceptors (Lipinski definition) is 4. The van der Waals surface area contributed by atoms with E-state index < -0.39 is 0 Å². The largest absolute Gasteiger partial charge is 0.354 e. The van der Waals surface area contributed by atoms with Gasteiger partial charge in [0.2, 0.25) is 5.91 Å². The molecule has 98 valence electrons. The molecule has 0 aliphatic heterocycles. The van der Waals surface area contributed by atoms with Gasteiger partial charge in [0.25, 0.3) is 0 Å². The molecule has 0 atom stereocenters. The maximum absolute atomic E-state index is 11.5. The zero-order chi connectivity index (χ0) is 12.0. The highest BCUT2D eigenvalue weighted by molar-refractivity contribution is 7.07. The van der Waals surface area contributed by atoms with Crippen molar-refractivity contribution in [2.45, 2.75) is 27.3 Å². The standard InChI is InChI=1S/C11H19N3OS.ClH/c1-11(2,3)10(15)13-5-4-12-6-9-7-16-8-14-9;/h7-8,12H,4-6H2,1-3H3,(H,13,15);1H. The lowest BCUT2D eigenvalue weighted by molar-refractivity contribution is -0.128. The summed E-state index contributed by atoms with van der Waals surface area (Å²) in [6.07, 6.45) is 0. The highest BCUT2D eigenvalue weighted by atomic mass is 35.5. The van der Waals surface area contributed by atoms with Crippen LogP contribution in [0.1, 0.15) is 26.5 Å². The van der Waals surface area contributed by atoms with E-state index in [1.807, 2.05) is 31.7 Å². The summed E-state index contributed by atoms with van der Waals surface area (Å²) in [5, 5.41) is 8.12. The SMILES string of the molecule is CC(C)(C)C(=O)NCCNCc1cscn1.Cl. The van der Waals surface area contributed by atoms with Gasteiger partial charge in [-0.1, -0.05) is 20.8 Å². The van der Waals surface area contributed by atoms with Crippen LogP contribution in [0.25, 0.3) is 0 Å². The number of carbonyl (C=O) groups excluding carboxylic acids is 1. The Labute approximate surface area is 113 Å². The number of amides is 1. The minimum atomic E-state index is -0.311. The number of halogens is 1. The zero-order valence-electron chi connectivity index (χ0n) is 10.4. The third-order valence-corrected chi connectivity index (χ3v) is 2.69. The van der Waals surface area contributed by atoms with Crippen molar-refractivity contribution in [3.05, 3.63) is 16.6 Å². The van der Waals surface area contributed by atoms with E-state index in [1.165, 1.54) is 0 Å². The van der Waals surface area contributed by atoms with E-state index in [4.69, 9.17) is 0 Å². The summed E-state index contributed by atoms with van der Waals surface area (Å²) < 4.78 is 0. The average Bonchev–Trinajstić information content (AvgIpc) is 2.68. The first-order chi connectivity index (χ1) is 7.50. The fraction of sp³-hybridized carbons (Fsp3) is 0.636. The maximum atomic E-state index is 11.5. The minimum absolute atomic E-state index is 0. The molecule has 0 saturated heterocycles. The Kier molecular flexibility index (Phi) is 7.34. The Hall–Kier alpha value is -0.650. The Bertz CT molecular complexity index is 322. The summed E-state index contributed by atoms with van der Waals surface area (Å²) in [6.45, 7) is 7.90. The summed E-state index contributed by atoms with van der Waals surface area (Å²) in [7, 11) is 0. The number of aromatic nitrogens is 1. The van der Waals surface area contributed by atoms with Gasteiger partial charge in [0.05, 0.1) is 11.2 Å². The van der Waals surface area contributed by atoms with Gasteiger partial charge in [0.1, 0.15) is 0 Å². The number of carbonyl (C=O) groups is 1. The first-order valence-electron chi connectivity index (χ1n) is 5.36. The Morgan fingerprint density at radius 2 is 2.12 bits per heavy atom. The second-order valence-electron chi connectivity index (χ2n) is 4.66. The summed E-state index contributed by atoms with van der Waals surface area (Å²) in [4.78, 5) is 15.7. The topological polar surface area (TPSA) is 54.0 Å². The van der Waals surface area contributed by atoms with Gasteiger partial charge in [-0.3, -0.25) is 4.79 Å². The molecule has 0 unspecified atom stereocenters. The molecule has 0 aliphatic carbocycles. The van der Waals surface area contributed by atoms with Crippen molar-refractivity contribution >= 4 is 29.7 Å². The van der Waals surface area contributed by atoms with Crippen LogP contribution in [0.2, 0.25) is 0 Å². The number of thiazole rings is 1. The number of hydrogen-bond donors (Lipinski definition) is 2. The molecule has 0 saturated carbocycles. The van der Waals surface area contributed by atoms with Crippen LogP contribution >= 0.6 is 23.7 Å². The highest BCUT2D eigenvalue weighted by Gasteiger charge is 2.19. The lowest BCUT2D eigenvalue weighted by atomic mass is 9.96. The summed E-state index contributed by atoms with van der Waals surface area (Å²) in [5.74, 6) is 0.0861. The summed E-state index contributed by atoms with van der Waals surface area (Å²) >= 11 is 1.59. The molecule has 1 aromatic heterocycles. The third kappa shape index (κ3) is 6.61. The lowest BCUT2D eigenvalue weighted by Crippen LogP contribution is -2.38. The molecule has 0 radical (unpaired) electrons. The monoisotopic (exact) mass is 277 g/mol. The van der Waals surface area contributed by atoms with Crippen LogP contribution in [0.5, 0.6) is 0 Å². The molecule has 1 rings (SSSR count). The van der Waals surface area contributed by atoms with Gasteiger partial charge < -0.3 is 10.6 Å². The first-order valence-corrected chi connectivity index (χ1v) is 6.30. The van der Waals surface area contributed by atoms with E-state index in [9.17, 15) is 4.79 Å². The normalized spacial score (nSPS) is 10.8. The molecule has 1 amide bonds. The van der Waals surface area contributed by atoms with Gasteiger partial charge in [0.15, 0.2) is 0 Å². The molecule has 2 N–H and O–H groups in total. The first kappa shape index (κ1) is 16.4. The van der Waals surface area contributed by atoms with Gasteiger partial charge in [-0.05, 0) is 0 Å². The van der Waals surface area contributed by atoms with Crippen LogP contribution in [0.4, 0.5) is 0 Å². The third-order valence-electron chi connectivity index (χ3n) is 2.06. The Morgan fingerprint density at radius 3 is 2.65 bits per heavy atom. The second kappa shape index (κ2) is 7.63. The molecule has 0 aromatic carbocycles. The molecule has 17 heavy (non-hydrogen) atoms.